The van der Waals surface area contributed by atoms with Crippen LogP contribution in [0.2, 0.25) is 0 Å². The molecule has 2 atom stereocenters. The van der Waals surface area contributed by atoms with Gasteiger partial charge in [0.2, 0.25) is 5.91 Å². The third kappa shape index (κ3) is 3.62. The van der Waals surface area contributed by atoms with Gasteiger partial charge in [0.05, 0.1) is 11.9 Å². The van der Waals surface area contributed by atoms with Gasteiger partial charge in [0, 0.05) is 17.6 Å². The maximum atomic E-state index is 12.1. The molecular formula is C17H20N4O. The second-order valence-corrected chi connectivity index (χ2v) is 5.68. The molecular weight excluding hydrogens is 276 g/mol. The molecule has 5 heteroatoms. The summed E-state index contributed by atoms with van der Waals surface area (Å²) in [5, 5.41) is 6.12. The SMILES string of the molecule is NC1CCC(C(=O)Nc2ccc(Nc3ccccc3)nc2)C1. The molecule has 1 amide bonds. The third-order valence-electron chi connectivity index (χ3n) is 3.92. The normalized spacial score (nSPS) is 20.6. The van der Waals surface area contributed by atoms with Gasteiger partial charge in [-0.1, -0.05) is 18.2 Å². The maximum absolute atomic E-state index is 12.1. The molecule has 4 N–H and O–H groups in total. The Labute approximate surface area is 129 Å². The minimum absolute atomic E-state index is 0.0251. The first-order valence-corrected chi connectivity index (χ1v) is 7.55. The summed E-state index contributed by atoms with van der Waals surface area (Å²) in [6.45, 7) is 0. The van der Waals surface area contributed by atoms with Gasteiger partial charge in [-0.05, 0) is 43.5 Å². The van der Waals surface area contributed by atoms with E-state index in [4.69, 9.17) is 5.73 Å². The van der Waals surface area contributed by atoms with Crippen LogP contribution in [0.1, 0.15) is 19.3 Å². The van der Waals surface area contributed by atoms with E-state index < -0.39 is 0 Å². The minimum atomic E-state index is 0.0251. The van der Waals surface area contributed by atoms with Crippen molar-refractivity contribution >= 4 is 23.1 Å². The Bertz CT molecular complexity index is 627. The van der Waals surface area contributed by atoms with Gasteiger partial charge in [0.15, 0.2) is 0 Å². The average Bonchev–Trinajstić information content (AvgIpc) is 2.97. The van der Waals surface area contributed by atoms with E-state index in [1.807, 2.05) is 42.5 Å². The molecule has 1 heterocycles. The van der Waals surface area contributed by atoms with Gasteiger partial charge in [-0.15, -0.1) is 0 Å². The first-order chi connectivity index (χ1) is 10.7. The van der Waals surface area contributed by atoms with E-state index in [1.165, 1.54) is 0 Å². The van der Waals surface area contributed by atoms with Gasteiger partial charge in [0.25, 0.3) is 0 Å². The Balaban J connectivity index is 1.58. The number of nitrogens with zero attached hydrogens (tertiary/aromatic N) is 1. The lowest BCUT2D eigenvalue weighted by Crippen LogP contribution is -2.23. The molecule has 2 aromatic rings. The number of benzene rings is 1. The number of nitrogens with one attached hydrogen (secondary N) is 2. The lowest BCUT2D eigenvalue weighted by Gasteiger charge is -2.11. The van der Waals surface area contributed by atoms with E-state index in [1.54, 1.807) is 6.20 Å². The van der Waals surface area contributed by atoms with E-state index in [-0.39, 0.29) is 17.9 Å². The largest absolute Gasteiger partial charge is 0.340 e. The van der Waals surface area contributed by atoms with Crippen LogP contribution < -0.4 is 16.4 Å². The van der Waals surface area contributed by atoms with E-state index in [0.717, 1.165) is 30.8 Å². The number of carbonyl (C=O) groups is 1. The van der Waals surface area contributed by atoms with Gasteiger partial charge in [0.1, 0.15) is 5.82 Å². The summed E-state index contributed by atoms with van der Waals surface area (Å²) in [6.07, 6.45) is 4.23. The number of pyridine rings is 1. The molecule has 0 radical (unpaired) electrons. The number of hydrogen-bond donors (Lipinski definition) is 3. The monoisotopic (exact) mass is 296 g/mol. The molecule has 1 fully saturated rings. The average molecular weight is 296 g/mol. The quantitative estimate of drug-likeness (QED) is 0.810. The number of anilines is 3. The van der Waals surface area contributed by atoms with Gasteiger partial charge in [-0.3, -0.25) is 4.79 Å². The van der Waals surface area contributed by atoms with Crippen LogP contribution >= 0.6 is 0 Å². The van der Waals surface area contributed by atoms with Crippen molar-refractivity contribution in [3.8, 4) is 0 Å². The second-order valence-electron chi connectivity index (χ2n) is 5.68. The summed E-state index contributed by atoms with van der Waals surface area (Å²) < 4.78 is 0. The van der Waals surface area contributed by atoms with Crippen LogP contribution in [0.3, 0.4) is 0 Å². The topological polar surface area (TPSA) is 80.0 Å². The van der Waals surface area contributed by atoms with E-state index in [0.29, 0.717) is 5.69 Å². The summed E-state index contributed by atoms with van der Waals surface area (Å²) in [6, 6.07) is 13.7. The molecule has 0 saturated heterocycles. The highest BCUT2D eigenvalue weighted by Gasteiger charge is 2.27. The molecule has 1 saturated carbocycles. The summed E-state index contributed by atoms with van der Waals surface area (Å²) in [7, 11) is 0. The lowest BCUT2D eigenvalue weighted by molar-refractivity contribution is -0.119. The van der Waals surface area contributed by atoms with Crippen molar-refractivity contribution in [1.29, 1.82) is 0 Å². The Hall–Kier alpha value is -2.40. The maximum Gasteiger partial charge on any atom is 0.227 e. The van der Waals surface area contributed by atoms with Gasteiger partial charge in [-0.2, -0.15) is 0 Å². The smallest absolute Gasteiger partial charge is 0.227 e. The van der Waals surface area contributed by atoms with Crippen molar-refractivity contribution in [3.63, 3.8) is 0 Å². The van der Waals surface area contributed by atoms with E-state index in [2.05, 4.69) is 15.6 Å². The van der Waals surface area contributed by atoms with Crippen LogP contribution in [0, 0.1) is 5.92 Å². The highest BCUT2D eigenvalue weighted by molar-refractivity contribution is 5.92. The zero-order valence-electron chi connectivity index (χ0n) is 12.3. The highest BCUT2D eigenvalue weighted by atomic mass is 16.1. The Kier molecular flexibility index (Phi) is 4.34. The Morgan fingerprint density at radius 3 is 2.55 bits per heavy atom. The van der Waals surface area contributed by atoms with Gasteiger partial charge in [-0.25, -0.2) is 4.98 Å². The fraction of sp³-hybridized carbons (Fsp3) is 0.294. The van der Waals surface area contributed by atoms with Crippen molar-refractivity contribution in [2.75, 3.05) is 10.6 Å². The number of rotatable bonds is 4. The third-order valence-corrected chi connectivity index (χ3v) is 3.92. The number of nitrogens with two attached hydrogens (primary N) is 1. The molecule has 5 nitrogen and oxygen atoms in total. The second kappa shape index (κ2) is 6.58. The number of hydrogen-bond acceptors (Lipinski definition) is 4. The lowest BCUT2D eigenvalue weighted by atomic mass is 10.1. The summed E-state index contributed by atoms with van der Waals surface area (Å²) >= 11 is 0. The molecule has 0 aliphatic heterocycles. The van der Waals surface area contributed by atoms with Crippen LogP contribution in [-0.2, 0) is 4.79 Å². The minimum Gasteiger partial charge on any atom is -0.340 e. The van der Waals surface area contributed by atoms with Crippen molar-refractivity contribution in [2.24, 2.45) is 11.7 Å². The van der Waals surface area contributed by atoms with E-state index >= 15 is 0 Å². The summed E-state index contributed by atoms with van der Waals surface area (Å²) in [4.78, 5) is 16.4. The fourth-order valence-corrected chi connectivity index (χ4v) is 2.71. The van der Waals surface area contributed by atoms with Crippen molar-refractivity contribution in [2.45, 2.75) is 25.3 Å². The first-order valence-electron chi connectivity index (χ1n) is 7.55. The molecule has 22 heavy (non-hydrogen) atoms. The Morgan fingerprint density at radius 1 is 1.09 bits per heavy atom. The molecule has 1 aromatic heterocycles. The van der Waals surface area contributed by atoms with Gasteiger partial charge < -0.3 is 16.4 Å². The number of amides is 1. The molecule has 0 spiro atoms. The Morgan fingerprint density at radius 2 is 1.91 bits per heavy atom. The highest BCUT2D eigenvalue weighted by Crippen LogP contribution is 2.25. The fourth-order valence-electron chi connectivity index (χ4n) is 2.71. The molecule has 114 valence electrons. The van der Waals surface area contributed by atoms with Crippen LogP contribution in [0.5, 0.6) is 0 Å². The molecule has 2 unspecified atom stereocenters. The zero-order valence-corrected chi connectivity index (χ0v) is 12.3. The zero-order chi connectivity index (χ0) is 15.4. The van der Waals surface area contributed by atoms with Crippen LogP contribution in [0.4, 0.5) is 17.2 Å². The molecule has 3 rings (SSSR count). The summed E-state index contributed by atoms with van der Waals surface area (Å²) in [5.41, 5.74) is 7.54. The molecule has 0 bridgehead atoms. The van der Waals surface area contributed by atoms with Crippen molar-refractivity contribution in [3.05, 3.63) is 48.7 Å². The first kappa shape index (κ1) is 14.5. The van der Waals surface area contributed by atoms with Crippen LogP contribution in [0.25, 0.3) is 0 Å². The predicted octanol–water partition coefficient (Wildman–Crippen LogP) is 2.89. The molecule has 1 aromatic carbocycles. The predicted molar refractivity (Wildman–Crippen MR) is 87.9 cm³/mol. The van der Waals surface area contributed by atoms with Crippen LogP contribution in [0.15, 0.2) is 48.7 Å². The number of aromatic nitrogens is 1. The standard InChI is InChI=1S/C17H20N4O/c18-13-7-6-12(10-13)17(22)21-15-8-9-16(19-11-15)20-14-4-2-1-3-5-14/h1-5,8-9,11-13H,6-7,10,18H2,(H,19,20)(H,21,22). The molecule has 1 aliphatic rings. The van der Waals surface area contributed by atoms with Gasteiger partial charge >= 0.3 is 0 Å². The van der Waals surface area contributed by atoms with Crippen LogP contribution in [-0.4, -0.2) is 16.9 Å². The van der Waals surface area contributed by atoms with Crippen molar-refractivity contribution in [1.82, 2.24) is 4.98 Å². The summed E-state index contributed by atoms with van der Waals surface area (Å²) in [5.74, 6) is 0.808. The number of para-hydroxylation sites is 1. The van der Waals surface area contributed by atoms with E-state index in [9.17, 15) is 4.79 Å². The molecule has 1 aliphatic carbocycles. The number of carbonyl (C=O) groups excluding carboxylic acids is 1. The van der Waals surface area contributed by atoms with Crippen molar-refractivity contribution < 1.29 is 4.79 Å².